The maximum atomic E-state index is 12.2. The molecule has 1 aromatic rings. The van der Waals surface area contributed by atoms with Crippen LogP contribution in [0.2, 0.25) is 0 Å². The van der Waals surface area contributed by atoms with E-state index in [0.717, 1.165) is 18.5 Å². The minimum Gasteiger partial charge on any atom is -0.444 e. The molecule has 6 nitrogen and oxygen atoms in total. The molecule has 0 bridgehead atoms. The Morgan fingerprint density at radius 3 is 2.72 bits per heavy atom. The second-order valence-corrected chi connectivity index (χ2v) is 6.95. The summed E-state index contributed by atoms with van der Waals surface area (Å²) in [6, 6.07) is 9.39. The van der Waals surface area contributed by atoms with Crippen molar-refractivity contribution in [1.82, 2.24) is 10.6 Å². The SMILES string of the molecule is CC(C)CNC[C@@H](O)C(Cc1ccccc1)NC(=O)O[C@H]1CCOC1. The Bertz CT molecular complexity index is 503. The van der Waals surface area contributed by atoms with Crippen molar-refractivity contribution in [3.63, 3.8) is 0 Å². The van der Waals surface area contributed by atoms with Gasteiger partial charge in [-0.3, -0.25) is 0 Å². The molecular weight excluding hydrogens is 320 g/mol. The zero-order chi connectivity index (χ0) is 18.1. The van der Waals surface area contributed by atoms with E-state index >= 15 is 0 Å². The Labute approximate surface area is 149 Å². The van der Waals surface area contributed by atoms with Gasteiger partial charge in [0, 0.05) is 13.0 Å². The molecule has 1 aromatic carbocycles. The number of aliphatic hydroxyl groups is 1. The molecule has 0 spiro atoms. The minimum absolute atomic E-state index is 0.200. The zero-order valence-corrected chi connectivity index (χ0v) is 15.1. The lowest BCUT2D eigenvalue weighted by atomic mass is 10.0. The molecule has 2 rings (SSSR count). The fraction of sp³-hybridized carbons (Fsp3) is 0.632. The van der Waals surface area contributed by atoms with E-state index in [9.17, 15) is 9.90 Å². The standard InChI is InChI=1S/C19H30N2O4/c1-14(2)11-20-12-18(22)17(10-15-6-4-3-5-7-15)21-19(23)25-16-8-9-24-13-16/h3-7,14,16-18,20,22H,8-13H2,1-2H3,(H,21,23)/t16-,17?,18+/m0/s1. The van der Waals surface area contributed by atoms with Crippen LogP contribution in [0.4, 0.5) is 4.79 Å². The van der Waals surface area contributed by atoms with Crippen LogP contribution in [-0.4, -0.2) is 55.8 Å². The second-order valence-electron chi connectivity index (χ2n) is 6.95. The van der Waals surface area contributed by atoms with Crippen molar-refractivity contribution in [1.29, 1.82) is 0 Å². The van der Waals surface area contributed by atoms with Crippen LogP contribution in [0.25, 0.3) is 0 Å². The highest BCUT2D eigenvalue weighted by Crippen LogP contribution is 2.10. The summed E-state index contributed by atoms with van der Waals surface area (Å²) in [4.78, 5) is 12.2. The summed E-state index contributed by atoms with van der Waals surface area (Å²) in [5.41, 5.74) is 1.06. The fourth-order valence-corrected chi connectivity index (χ4v) is 2.76. The number of nitrogens with one attached hydrogen (secondary N) is 2. The Morgan fingerprint density at radius 1 is 1.32 bits per heavy atom. The van der Waals surface area contributed by atoms with Gasteiger partial charge in [0.2, 0.25) is 0 Å². The quantitative estimate of drug-likeness (QED) is 0.632. The third-order valence-electron chi connectivity index (χ3n) is 4.13. The molecule has 1 amide bonds. The summed E-state index contributed by atoms with van der Waals surface area (Å²) in [6.07, 6.45) is -0.143. The topological polar surface area (TPSA) is 79.8 Å². The van der Waals surface area contributed by atoms with Crippen molar-refractivity contribution >= 4 is 6.09 Å². The van der Waals surface area contributed by atoms with Crippen molar-refractivity contribution < 1.29 is 19.4 Å². The number of benzene rings is 1. The first-order valence-corrected chi connectivity index (χ1v) is 9.02. The number of hydrogen-bond donors (Lipinski definition) is 3. The molecule has 140 valence electrons. The van der Waals surface area contributed by atoms with Gasteiger partial charge in [-0.15, -0.1) is 0 Å². The van der Waals surface area contributed by atoms with Crippen LogP contribution in [0.15, 0.2) is 30.3 Å². The highest BCUT2D eigenvalue weighted by atomic mass is 16.6. The fourth-order valence-electron chi connectivity index (χ4n) is 2.76. The van der Waals surface area contributed by atoms with E-state index in [2.05, 4.69) is 24.5 Å². The molecule has 0 radical (unpaired) electrons. The van der Waals surface area contributed by atoms with E-state index in [1.165, 1.54) is 0 Å². The van der Waals surface area contributed by atoms with E-state index in [1.54, 1.807) is 0 Å². The number of hydrogen-bond acceptors (Lipinski definition) is 5. The second kappa shape index (κ2) is 10.4. The molecule has 1 heterocycles. The minimum atomic E-state index is -0.702. The lowest BCUT2D eigenvalue weighted by Gasteiger charge is -2.25. The summed E-state index contributed by atoms with van der Waals surface area (Å²) in [7, 11) is 0. The van der Waals surface area contributed by atoms with Gasteiger partial charge in [0.05, 0.1) is 25.4 Å². The van der Waals surface area contributed by atoms with E-state index < -0.39 is 18.2 Å². The van der Waals surface area contributed by atoms with Crippen LogP contribution in [0.3, 0.4) is 0 Å². The monoisotopic (exact) mass is 350 g/mol. The highest BCUT2D eigenvalue weighted by Gasteiger charge is 2.25. The lowest BCUT2D eigenvalue weighted by molar-refractivity contribution is 0.0688. The molecule has 25 heavy (non-hydrogen) atoms. The smallest absolute Gasteiger partial charge is 0.407 e. The maximum Gasteiger partial charge on any atom is 0.407 e. The van der Waals surface area contributed by atoms with Crippen molar-refractivity contribution in [2.45, 2.75) is 44.9 Å². The summed E-state index contributed by atoms with van der Waals surface area (Å²) in [6.45, 7) is 6.52. The molecule has 0 saturated carbocycles. The van der Waals surface area contributed by atoms with E-state index in [1.807, 2.05) is 30.3 Å². The normalized spacial score (nSPS) is 19.6. The van der Waals surface area contributed by atoms with E-state index in [4.69, 9.17) is 9.47 Å². The first kappa shape index (κ1) is 19.7. The predicted molar refractivity (Wildman–Crippen MR) is 96.5 cm³/mol. The molecule has 1 fully saturated rings. The van der Waals surface area contributed by atoms with Crippen LogP contribution in [0.1, 0.15) is 25.8 Å². The van der Waals surface area contributed by atoms with Gasteiger partial charge in [-0.05, 0) is 24.4 Å². The maximum absolute atomic E-state index is 12.2. The van der Waals surface area contributed by atoms with Gasteiger partial charge >= 0.3 is 6.09 Å². The third kappa shape index (κ3) is 7.42. The van der Waals surface area contributed by atoms with Crippen molar-refractivity contribution in [2.75, 3.05) is 26.3 Å². The molecule has 1 saturated heterocycles. The number of alkyl carbamates (subject to hydrolysis) is 1. The first-order chi connectivity index (χ1) is 12.0. The average molecular weight is 350 g/mol. The third-order valence-corrected chi connectivity index (χ3v) is 4.13. The summed E-state index contributed by atoms with van der Waals surface area (Å²) in [5.74, 6) is 0.500. The van der Waals surface area contributed by atoms with Gasteiger partial charge < -0.3 is 25.2 Å². The van der Waals surface area contributed by atoms with Gasteiger partial charge in [0.15, 0.2) is 0 Å². The van der Waals surface area contributed by atoms with Crippen LogP contribution in [0, 0.1) is 5.92 Å². The molecule has 3 N–H and O–H groups in total. The summed E-state index contributed by atoms with van der Waals surface area (Å²) in [5, 5.41) is 16.6. The van der Waals surface area contributed by atoms with Crippen LogP contribution in [-0.2, 0) is 15.9 Å². The highest BCUT2D eigenvalue weighted by molar-refractivity contribution is 5.68. The summed E-state index contributed by atoms with van der Waals surface area (Å²) < 4.78 is 10.6. The molecule has 0 aliphatic carbocycles. The Balaban J connectivity index is 1.91. The predicted octanol–water partition coefficient (Wildman–Crippen LogP) is 1.72. The number of amides is 1. The number of ether oxygens (including phenoxy) is 2. The molecule has 3 atom stereocenters. The van der Waals surface area contributed by atoms with Crippen molar-refractivity contribution in [2.24, 2.45) is 5.92 Å². The van der Waals surface area contributed by atoms with Gasteiger partial charge in [0.25, 0.3) is 0 Å². The van der Waals surface area contributed by atoms with E-state index in [0.29, 0.717) is 32.1 Å². The largest absolute Gasteiger partial charge is 0.444 e. The zero-order valence-electron chi connectivity index (χ0n) is 15.1. The lowest BCUT2D eigenvalue weighted by Crippen LogP contribution is -2.49. The van der Waals surface area contributed by atoms with Crippen LogP contribution >= 0.6 is 0 Å². The molecular formula is C19H30N2O4. The van der Waals surface area contributed by atoms with Crippen LogP contribution < -0.4 is 10.6 Å². The van der Waals surface area contributed by atoms with Gasteiger partial charge in [-0.25, -0.2) is 4.79 Å². The number of rotatable bonds is 9. The first-order valence-electron chi connectivity index (χ1n) is 9.02. The van der Waals surface area contributed by atoms with E-state index in [-0.39, 0.29) is 6.10 Å². The Morgan fingerprint density at radius 2 is 2.08 bits per heavy atom. The molecule has 1 unspecified atom stereocenters. The number of carbonyl (C=O) groups excluding carboxylic acids is 1. The molecule has 0 aromatic heterocycles. The molecule has 1 aliphatic rings. The Hall–Kier alpha value is -1.63. The van der Waals surface area contributed by atoms with Crippen LogP contribution in [0.5, 0.6) is 0 Å². The van der Waals surface area contributed by atoms with Gasteiger partial charge in [0.1, 0.15) is 6.10 Å². The average Bonchev–Trinajstić information content (AvgIpc) is 3.07. The number of carbonyl (C=O) groups is 1. The van der Waals surface area contributed by atoms with Crippen molar-refractivity contribution in [3.8, 4) is 0 Å². The van der Waals surface area contributed by atoms with Gasteiger partial charge in [-0.1, -0.05) is 44.2 Å². The summed E-state index contributed by atoms with van der Waals surface area (Å²) >= 11 is 0. The van der Waals surface area contributed by atoms with Crippen molar-refractivity contribution in [3.05, 3.63) is 35.9 Å². The van der Waals surface area contributed by atoms with Gasteiger partial charge in [-0.2, -0.15) is 0 Å². The molecule has 6 heteroatoms. The number of aliphatic hydroxyl groups excluding tert-OH is 1. The molecule has 1 aliphatic heterocycles. The Kier molecular flexibility index (Phi) is 8.18.